The number of hydrogen-bond donors (Lipinski definition) is 3. The Balaban J connectivity index is 2.97. The number of likely N-dealkylation sites (N-methyl/N-ethyl adjacent to an activating group) is 2. The molecule has 1 aromatic heterocycles. The summed E-state index contributed by atoms with van der Waals surface area (Å²) in [6.07, 6.45) is 1.00. The van der Waals surface area contributed by atoms with E-state index in [1.165, 1.54) is 11.9 Å². The van der Waals surface area contributed by atoms with Gasteiger partial charge >= 0.3 is 0 Å². The van der Waals surface area contributed by atoms with Crippen molar-refractivity contribution in [2.24, 2.45) is 5.84 Å². The Bertz CT molecular complexity index is 399. The van der Waals surface area contributed by atoms with E-state index in [-0.39, 0.29) is 24.2 Å². The quantitative estimate of drug-likeness (QED) is 0.474. The van der Waals surface area contributed by atoms with E-state index >= 15 is 0 Å². The Hall–Kier alpha value is -1.96. The number of carbonyl (C=O) groups is 1. The number of hydrogen-bond acceptors (Lipinski definition) is 6. The van der Waals surface area contributed by atoms with Crippen LogP contribution in [-0.4, -0.2) is 36.0 Å². The van der Waals surface area contributed by atoms with Gasteiger partial charge in [0.15, 0.2) is 11.6 Å². The second-order valence-corrected chi connectivity index (χ2v) is 3.20. The number of nitrogens with two attached hydrogens (primary N) is 1. The minimum Gasteiger partial charge on any atom is -0.358 e. The smallest absolute Gasteiger partial charge is 0.239 e. The van der Waals surface area contributed by atoms with E-state index in [4.69, 9.17) is 5.84 Å². The van der Waals surface area contributed by atoms with E-state index in [1.54, 1.807) is 6.92 Å². The number of hydrazine groups is 1. The number of aromatic nitrogens is 2. The van der Waals surface area contributed by atoms with Gasteiger partial charge in [0.05, 0.1) is 12.7 Å². The Morgan fingerprint density at radius 2 is 2.35 bits per heavy atom. The maximum atomic E-state index is 13.5. The number of carbonyl (C=O) groups excluding carboxylic acids is 1. The summed E-state index contributed by atoms with van der Waals surface area (Å²) in [5, 5.41) is 2.46. The van der Waals surface area contributed by atoms with Crippen LogP contribution < -0.4 is 21.5 Å². The Morgan fingerprint density at radius 3 is 2.88 bits per heavy atom. The van der Waals surface area contributed by atoms with Gasteiger partial charge < -0.3 is 10.2 Å². The highest BCUT2D eigenvalue weighted by molar-refractivity contribution is 5.80. The first kappa shape index (κ1) is 13.1. The molecule has 7 nitrogen and oxygen atoms in total. The molecule has 0 aliphatic carbocycles. The molecule has 0 spiro atoms. The summed E-state index contributed by atoms with van der Waals surface area (Å²) >= 11 is 0. The zero-order valence-corrected chi connectivity index (χ0v) is 9.70. The van der Waals surface area contributed by atoms with Crippen LogP contribution in [0.4, 0.5) is 16.2 Å². The number of anilines is 2. The molecule has 1 rings (SSSR count). The predicted molar refractivity (Wildman–Crippen MR) is 61.8 cm³/mol. The first-order chi connectivity index (χ1) is 8.12. The zero-order chi connectivity index (χ0) is 12.8. The number of halogens is 1. The number of nitrogens with one attached hydrogen (secondary N) is 2. The highest BCUT2D eigenvalue weighted by Crippen LogP contribution is 2.16. The van der Waals surface area contributed by atoms with Crippen molar-refractivity contribution in [3.05, 3.63) is 12.0 Å². The van der Waals surface area contributed by atoms with Crippen molar-refractivity contribution in [1.29, 1.82) is 0 Å². The van der Waals surface area contributed by atoms with Gasteiger partial charge in [-0.25, -0.2) is 15.2 Å². The van der Waals surface area contributed by atoms with E-state index < -0.39 is 5.82 Å². The molecule has 94 valence electrons. The molecule has 0 unspecified atom stereocenters. The monoisotopic (exact) mass is 242 g/mol. The maximum Gasteiger partial charge on any atom is 0.239 e. The van der Waals surface area contributed by atoms with Crippen molar-refractivity contribution in [1.82, 2.24) is 15.3 Å². The summed E-state index contributed by atoms with van der Waals surface area (Å²) in [7, 11) is 1.51. The fourth-order valence-electron chi connectivity index (χ4n) is 1.24. The lowest BCUT2D eigenvalue weighted by Gasteiger charge is -2.21. The highest BCUT2D eigenvalue weighted by atomic mass is 19.1. The van der Waals surface area contributed by atoms with Crippen LogP contribution in [0.2, 0.25) is 0 Å². The van der Waals surface area contributed by atoms with Crippen molar-refractivity contribution >= 4 is 17.7 Å². The van der Waals surface area contributed by atoms with Crippen LogP contribution >= 0.6 is 0 Å². The molecule has 1 heterocycles. The average molecular weight is 242 g/mol. The lowest BCUT2D eigenvalue weighted by Crippen LogP contribution is -2.36. The van der Waals surface area contributed by atoms with Gasteiger partial charge in [-0.15, -0.1) is 0 Å². The Labute approximate surface area is 98.2 Å². The summed E-state index contributed by atoms with van der Waals surface area (Å²) in [4.78, 5) is 20.2. The van der Waals surface area contributed by atoms with Crippen LogP contribution in [0.15, 0.2) is 6.20 Å². The average Bonchev–Trinajstić information content (AvgIpc) is 2.36. The van der Waals surface area contributed by atoms with E-state index in [9.17, 15) is 9.18 Å². The maximum absolute atomic E-state index is 13.5. The first-order valence-corrected chi connectivity index (χ1v) is 5.07. The largest absolute Gasteiger partial charge is 0.358 e. The molecule has 0 aliphatic rings. The van der Waals surface area contributed by atoms with Crippen molar-refractivity contribution in [3.63, 3.8) is 0 Å². The molecule has 1 aromatic rings. The molecule has 0 aromatic carbocycles. The van der Waals surface area contributed by atoms with E-state index in [0.717, 1.165) is 6.20 Å². The summed E-state index contributed by atoms with van der Waals surface area (Å²) in [5.41, 5.74) is 2.22. The SMILES string of the molecule is CCN(CC(=O)NC)c1nc(NN)ncc1F. The van der Waals surface area contributed by atoms with E-state index in [0.29, 0.717) is 6.54 Å². The second kappa shape index (κ2) is 5.94. The van der Waals surface area contributed by atoms with Crippen LogP contribution in [0.1, 0.15) is 6.92 Å². The lowest BCUT2D eigenvalue weighted by molar-refractivity contribution is -0.119. The van der Waals surface area contributed by atoms with Gasteiger partial charge in [0, 0.05) is 13.6 Å². The van der Waals surface area contributed by atoms with Gasteiger partial charge in [0.1, 0.15) is 0 Å². The topological polar surface area (TPSA) is 96.2 Å². The number of rotatable bonds is 5. The molecular formula is C9H15FN6O. The molecule has 0 aliphatic heterocycles. The molecule has 0 saturated heterocycles. The Kier molecular flexibility index (Phi) is 4.58. The predicted octanol–water partition coefficient (Wildman–Crippen LogP) is -0.526. The van der Waals surface area contributed by atoms with Crippen molar-refractivity contribution in [2.45, 2.75) is 6.92 Å². The van der Waals surface area contributed by atoms with Crippen LogP contribution in [0.5, 0.6) is 0 Å². The lowest BCUT2D eigenvalue weighted by atomic mass is 10.4. The fourth-order valence-corrected chi connectivity index (χ4v) is 1.24. The zero-order valence-electron chi connectivity index (χ0n) is 9.70. The van der Waals surface area contributed by atoms with Gasteiger partial charge in [-0.05, 0) is 6.92 Å². The van der Waals surface area contributed by atoms with Crippen LogP contribution in [0.25, 0.3) is 0 Å². The molecular weight excluding hydrogens is 227 g/mol. The molecule has 0 saturated carbocycles. The summed E-state index contributed by atoms with van der Waals surface area (Å²) < 4.78 is 13.5. The molecule has 17 heavy (non-hydrogen) atoms. The number of amides is 1. The summed E-state index contributed by atoms with van der Waals surface area (Å²) in [6, 6.07) is 0. The Morgan fingerprint density at radius 1 is 1.65 bits per heavy atom. The van der Waals surface area contributed by atoms with Gasteiger partial charge in [-0.3, -0.25) is 10.2 Å². The van der Waals surface area contributed by atoms with Crippen molar-refractivity contribution < 1.29 is 9.18 Å². The number of nitrogen functional groups attached to an aromatic ring is 1. The van der Waals surface area contributed by atoms with Crippen LogP contribution in [0, 0.1) is 5.82 Å². The highest BCUT2D eigenvalue weighted by Gasteiger charge is 2.15. The normalized spacial score (nSPS) is 9.88. The fraction of sp³-hybridized carbons (Fsp3) is 0.444. The molecule has 4 N–H and O–H groups in total. The van der Waals surface area contributed by atoms with E-state index in [2.05, 4.69) is 20.7 Å². The van der Waals surface area contributed by atoms with Crippen molar-refractivity contribution in [3.8, 4) is 0 Å². The molecule has 1 amide bonds. The standard InChI is InChI=1S/C9H15FN6O/c1-3-16(5-7(17)12-2)8-6(10)4-13-9(14-8)15-11/h4H,3,5,11H2,1-2H3,(H,12,17)(H,13,14,15). The van der Waals surface area contributed by atoms with Crippen molar-refractivity contribution in [2.75, 3.05) is 30.5 Å². The molecule has 0 atom stereocenters. The summed E-state index contributed by atoms with van der Waals surface area (Å²) in [6.45, 7) is 2.25. The van der Waals surface area contributed by atoms with Crippen LogP contribution in [-0.2, 0) is 4.79 Å². The third-order valence-electron chi connectivity index (χ3n) is 2.15. The van der Waals surface area contributed by atoms with Gasteiger partial charge in [-0.1, -0.05) is 0 Å². The van der Waals surface area contributed by atoms with Crippen LogP contribution in [0.3, 0.4) is 0 Å². The second-order valence-electron chi connectivity index (χ2n) is 3.20. The number of nitrogens with zero attached hydrogens (tertiary/aromatic N) is 3. The third kappa shape index (κ3) is 3.25. The molecule has 0 radical (unpaired) electrons. The first-order valence-electron chi connectivity index (χ1n) is 5.07. The molecule has 0 fully saturated rings. The third-order valence-corrected chi connectivity index (χ3v) is 2.15. The molecule has 0 bridgehead atoms. The minimum absolute atomic E-state index is 0.0188. The molecule has 8 heteroatoms. The minimum atomic E-state index is -0.602. The van der Waals surface area contributed by atoms with Gasteiger partial charge in [0.2, 0.25) is 11.9 Å². The van der Waals surface area contributed by atoms with Gasteiger partial charge in [0.25, 0.3) is 0 Å². The van der Waals surface area contributed by atoms with Gasteiger partial charge in [-0.2, -0.15) is 4.98 Å². The van der Waals surface area contributed by atoms with E-state index in [1.807, 2.05) is 0 Å². The summed E-state index contributed by atoms with van der Waals surface area (Å²) in [5.74, 6) is 4.45.